The maximum atomic E-state index is 11.3. The molecule has 0 aromatic rings. The van der Waals surface area contributed by atoms with Gasteiger partial charge in [0.2, 0.25) is 0 Å². The van der Waals surface area contributed by atoms with Crippen LogP contribution in [0.1, 0.15) is 12.8 Å². The molecule has 1 atom stereocenters. The van der Waals surface area contributed by atoms with Crippen LogP contribution in [-0.4, -0.2) is 37.5 Å². The molecule has 1 aliphatic rings. The highest BCUT2D eigenvalue weighted by Crippen LogP contribution is 2.18. The molecule has 74 valence electrons. The summed E-state index contributed by atoms with van der Waals surface area (Å²) in [5, 5.41) is 0. The number of carbonyl (C=O) groups excluding carboxylic acids is 1. The maximum Gasteiger partial charge on any atom is 0.412 e. The van der Waals surface area contributed by atoms with Gasteiger partial charge < -0.3 is 9.47 Å². The summed E-state index contributed by atoms with van der Waals surface area (Å²) < 4.78 is 10.0. The van der Waals surface area contributed by atoms with Gasteiger partial charge in [0.05, 0.1) is 0 Å². The van der Waals surface area contributed by atoms with Crippen molar-refractivity contribution in [3.63, 3.8) is 0 Å². The topological polar surface area (TPSA) is 38.8 Å². The van der Waals surface area contributed by atoms with E-state index in [1.165, 1.54) is 0 Å². The van der Waals surface area contributed by atoms with Crippen LogP contribution in [0.15, 0.2) is 12.7 Å². The maximum absolute atomic E-state index is 11.3. The highest BCUT2D eigenvalue weighted by molar-refractivity contribution is 5.68. The average Bonchev–Trinajstić information content (AvgIpc) is 2.61. The Kier molecular flexibility index (Phi) is 3.76. The zero-order valence-corrected chi connectivity index (χ0v) is 7.86. The molecular formula is C9H15NO3. The van der Waals surface area contributed by atoms with Gasteiger partial charge in [-0.15, -0.1) is 0 Å². The van der Waals surface area contributed by atoms with Gasteiger partial charge in [0.1, 0.15) is 12.8 Å². The summed E-state index contributed by atoms with van der Waals surface area (Å²) in [4.78, 5) is 13.0. The van der Waals surface area contributed by atoms with E-state index in [2.05, 4.69) is 6.58 Å². The summed E-state index contributed by atoms with van der Waals surface area (Å²) >= 11 is 0. The van der Waals surface area contributed by atoms with Gasteiger partial charge in [0, 0.05) is 13.7 Å². The van der Waals surface area contributed by atoms with Crippen LogP contribution in [-0.2, 0) is 9.47 Å². The van der Waals surface area contributed by atoms with E-state index in [0.29, 0.717) is 6.54 Å². The first-order chi connectivity index (χ1) is 6.29. The van der Waals surface area contributed by atoms with Gasteiger partial charge in [0.25, 0.3) is 0 Å². The summed E-state index contributed by atoms with van der Waals surface area (Å²) in [6, 6.07) is 0. The minimum atomic E-state index is -0.316. The molecule has 1 saturated heterocycles. The predicted octanol–water partition coefficient (Wildman–Crippen LogP) is 1.38. The van der Waals surface area contributed by atoms with Crippen LogP contribution in [0, 0.1) is 0 Å². The Hall–Kier alpha value is -1.03. The van der Waals surface area contributed by atoms with Crippen molar-refractivity contribution in [3.05, 3.63) is 12.7 Å². The monoisotopic (exact) mass is 185 g/mol. The minimum Gasteiger partial charge on any atom is -0.445 e. The third kappa shape index (κ3) is 2.45. The number of likely N-dealkylation sites (tertiary alicyclic amines) is 1. The molecule has 4 nitrogen and oxygen atoms in total. The molecule has 0 spiro atoms. The summed E-state index contributed by atoms with van der Waals surface area (Å²) in [7, 11) is 1.60. The second kappa shape index (κ2) is 4.87. The first-order valence-electron chi connectivity index (χ1n) is 4.36. The molecule has 1 rings (SSSR count). The quantitative estimate of drug-likeness (QED) is 0.623. The van der Waals surface area contributed by atoms with Crippen LogP contribution in [0.2, 0.25) is 0 Å². The number of carbonyl (C=O) groups is 1. The van der Waals surface area contributed by atoms with E-state index >= 15 is 0 Å². The van der Waals surface area contributed by atoms with Crippen LogP contribution in [0.3, 0.4) is 0 Å². The van der Waals surface area contributed by atoms with Crippen molar-refractivity contribution in [3.8, 4) is 0 Å². The van der Waals surface area contributed by atoms with E-state index in [1.807, 2.05) is 0 Å². The van der Waals surface area contributed by atoms with E-state index < -0.39 is 0 Å². The van der Waals surface area contributed by atoms with E-state index in [4.69, 9.17) is 9.47 Å². The highest BCUT2D eigenvalue weighted by Gasteiger charge is 2.29. The minimum absolute atomic E-state index is 0.114. The van der Waals surface area contributed by atoms with Crippen molar-refractivity contribution >= 4 is 6.09 Å². The molecule has 1 fully saturated rings. The molecule has 0 radical (unpaired) electrons. The third-order valence-corrected chi connectivity index (χ3v) is 2.03. The van der Waals surface area contributed by atoms with Crippen LogP contribution in [0.5, 0.6) is 0 Å². The highest BCUT2D eigenvalue weighted by atomic mass is 16.6. The van der Waals surface area contributed by atoms with Crippen LogP contribution in [0.25, 0.3) is 0 Å². The van der Waals surface area contributed by atoms with Crippen molar-refractivity contribution in [1.82, 2.24) is 4.90 Å². The Morgan fingerprint density at radius 1 is 1.77 bits per heavy atom. The molecular weight excluding hydrogens is 170 g/mol. The van der Waals surface area contributed by atoms with Crippen molar-refractivity contribution in [2.45, 2.75) is 19.1 Å². The van der Waals surface area contributed by atoms with Gasteiger partial charge in [-0.05, 0) is 12.8 Å². The Labute approximate surface area is 78.1 Å². The zero-order chi connectivity index (χ0) is 9.68. The van der Waals surface area contributed by atoms with Crippen molar-refractivity contribution in [2.24, 2.45) is 0 Å². The Bertz CT molecular complexity index is 193. The lowest BCUT2D eigenvalue weighted by Crippen LogP contribution is -2.36. The molecule has 0 aliphatic carbocycles. The fourth-order valence-electron chi connectivity index (χ4n) is 1.40. The molecule has 1 aliphatic heterocycles. The Morgan fingerprint density at radius 3 is 3.15 bits per heavy atom. The van der Waals surface area contributed by atoms with Crippen molar-refractivity contribution < 1.29 is 14.3 Å². The van der Waals surface area contributed by atoms with Crippen molar-refractivity contribution in [1.29, 1.82) is 0 Å². The molecule has 0 N–H and O–H groups in total. The molecule has 0 aromatic heterocycles. The first kappa shape index (κ1) is 10.1. The average molecular weight is 185 g/mol. The number of rotatable bonds is 3. The lowest BCUT2D eigenvalue weighted by atomic mass is 10.4. The largest absolute Gasteiger partial charge is 0.445 e. The summed E-state index contributed by atoms with van der Waals surface area (Å²) in [5.74, 6) is 0. The van der Waals surface area contributed by atoms with E-state index in [1.54, 1.807) is 18.1 Å². The van der Waals surface area contributed by atoms with Crippen LogP contribution >= 0.6 is 0 Å². The number of ether oxygens (including phenoxy) is 2. The van der Waals surface area contributed by atoms with Gasteiger partial charge in [-0.1, -0.05) is 12.7 Å². The Morgan fingerprint density at radius 2 is 2.54 bits per heavy atom. The zero-order valence-electron chi connectivity index (χ0n) is 7.86. The van der Waals surface area contributed by atoms with E-state index in [0.717, 1.165) is 12.8 Å². The van der Waals surface area contributed by atoms with Gasteiger partial charge in [-0.25, -0.2) is 4.79 Å². The summed E-state index contributed by atoms with van der Waals surface area (Å²) in [6.07, 6.45) is 2.98. The standard InChI is InChI=1S/C9H15NO3/c1-3-7-13-9(11)10-6-4-5-8(10)12-2/h3,8H,1,4-7H2,2H3. The van der Waals surface area contributed by atoms with Crippen LogP contribution < -0.4 is 0 Å². The SMILES string of the molecule is C=CCOC(=O)N1CCCC1OC. The molecule has 0 aromatic carbocycles. The van der Waals surface area contributed by atoms with Gasteiger partial charge in [-0.2, -0.15) is 0 Å². The van der Waals surface area contributed by atoms with Gasteiger partial charge in [0.15, 0.2) is 0 Å². The Balaban J connectivity index is 2.40. The molecule has 4 heteroatoms. The molecule has 1 amide bonds. The summed E-state index contributed by atoms with van der Waals surface area (Å²) in [6.45, 7) is 4.44. The molecule has 13 heavy (non-hydrogen) atoms. The first-order valence-corrected chi connectivity index (χ1v) is 4.36. The smallest absolute Gasteiger partial charge is 0.412 e. The lowest BCUT2D eigenvalue weighted by Gasteiger charge is -2.21. The van der Waals surface area contributed by atoms with Gasteiger partial charge in [-0.3, -0.25) is 4.90 Å². The fraction of sp³-hybridized carbons (Fsp3) is 0.667. The van der Waals surface area contributed by atoms with Crippen molar-refractivity contribution in [2.75, 3.05) is 20.3 Å². The van der Waals surface area contributed by atoms with E-state index in [9.17, 15) is 4.79 Å². The summed E-state index contributed by atoms with van der Waals surface area (Å²) in [5.41, 5.74) is 0. The predicted molar refractivity (Wildman–Crippen MR) is 48.3 cm³/mol. The van der Waals surface area contributed by atoms with Crippen LogP contribution in [0.4, 0.5) is 4.79 Å². The molecule has 1 unspecified atom stereocenters. The number of amides is 1. The normalized spacial score (nSPS) is 21.6. The number of methoxy groups -OCH3 is 1. The van der Waals surface area contributed by atoms with Gasteiger partial charge >= 0.3 is 6.09 Å². The van der Waals surface area contributed by atoms with E-state index in [-0.39, 0.29) is 18.9 Å². The second-order valence-electron chi connectivity index (χ2n) is 2.89. The third-order valence-electron chi connectivity index (χ3n) is 2.03. The lowest BCUT2D eigenvalue weighted by molar-refractivity contribution is -0.00337. The number of hydrogen-bond donors (Lipinski definition) is 0. The molecule has 0 bridgehead atoms. The number of hydrogen-bond acceptors (Lipinski definition) is 3. The number of nitrogens with zero attached hydrogens (tertiary/aromatic N) is 1. The second-order valence-corrected chi connectivity index (χ2v) is 2.89. The molecule has 0 saturated carbocycles. The molecule has 1 heterocycles. The fourth-order valence-corrected chi connectivity index (χ4v) is 1.40.